The first-order valence-electron chi connectivity index (χ1n) is 11.5. The zero-order valence-electron chi connectivity index (χ0n) is 19.5. The van der Waals surface area contributed by atoms with E-state index in [4.69, 9.17) is 4.74 Å². The van der Waals surface area contributed by atoms with E-state index in [0.29, 0.717) is 6.61 Å². The first kappa shape index (κ1) is 21.4. The molecule has 4 heterocycles. The van der Waals surface area contributed by atoms with Crippen LogP contribution >= 0.6 is 0 Å². The van der Waals surface area contributed by atoms with Gasteiger partial charge in [-0.1, -0.05) is 24.3 Å². The molecule has 9 nitrogen and oxygen atoms in total. The van der Waals surface area contributed by atoms with E-state index in [9.17, 15) is 0 Å². The summed E-state index contributed by atoms with van der Waals surface area (Å²) in [4.78, 5) is 21.4. The number of ether oxygens (including phenoxy) is 1. The first-order valence-corrected chi connectivity index (χ1v) is 11.5. The van der Waals surface area contributed by atoms with Crippen molar-refractivity contribution in [3.63, 3.8) is 0 Å². The molecule has 0 amide bonds. The molecule has 1 fully saturated rings. The fourth-order valence-corrected chi connectivity index (χ4v) is 4.53. The predicted molar refractivity (Wildman–Crippen MR) is 130 cm³/mol. The molecular weight excluding hydrogens is 416 g/mol. The smallest absolute Gasteiger partial charge is 0.271 e. The average molecular weight is 448 g/mol. The predicted octanol–water partition coefficient (Wildman–Crippen LogP) is 2.35. The quantitative estimate of drug-likeness (QED) is 0.401. The molecule has 1 unspecified atom stereocenters. The Bertz CT molecular complexity index is 1250. The molecule has 1 aliphatic rings. The Morgan fingerprint density at radius 1 is 1.21 bits per heavy atom. The lowest BCUT2D eigenvalue weighted by atomic mass is 10.1. The summed E-state index contributed by atoms with van der Waals surface area (Å²) in [6.07, 6.45) is 7.56. The SMILES string of the molecule is CN(C)CCNc1ncc(OCC2CCCN2c2ncnc3[nH]c[n+](C)c23)c2ccccc12. The van der Waals surface area contributed by atoms with E-state index >= 15 is 0 Å². The van der Waals surface area contributed by atoms with Crippen molar-refractivity contribution in [2.45, 2.75) is 18.9 Å². The number of aryl methyl sites for hydroxylation is 1. The van der Waals surface area contributed by atoms with Gasteiger partial charge in [0.1, 0.15) is 24.5 Å². The Kier molecular flexibility index (Phi) is 5.95. The summed E-state index contributed by atoms with van der Waals surface area (Å²) < 4.78 is 8.42. The van der Waals surface area contributed by atoms with E-state index < -0.39 is 0 Å². The molecule has 9 heteroatoms. The number of hydrogen-bond donors (Lipinski definition) is 2. The highest BCUT2D eigenvalue weighted by molar-refractivity contribution is 5.95. The van der Waals surface area contributed by atoms with E-state index in [0.717, 1.165) is 71.8 Å². The summed E-state index contributed by atoms with van der Waals surface area (Å²) in [5, 5.41) is 5.61. The van der Waals surface area contributed by atoms with Crippen LogP contribution in [0.25, 0.3) is 21.9 Å². The van der Waals surface area contributed by atoms with Gasteiger partial charge in [-0.25, -0.2) is 19.5 Å². The number of pyridine rings is 1. The van der Waals surface area contributed by atoms with Crippen LogP contribution in [-0.2, 0) is 7.05 Å². The van der Waals surface area contributed by atoms with Crippen LogP contribution in [-0.4, -0.2) is 71.2 Å². The maximum atomic E-state index is 6.38. The van der Waals surface area contributed by atoms with Crippen LogP contribution < -0.4 is 19.5 Å². The number of rotatable bonds is 8. The normalized spacial score (nSPS) is 16.2. The fourth-order valence-electron chi connectivity index (χ4n) is 4.53. The number of benzene rings is 1. The molecule has 0 aliphatic carbocycles. The molecule has 33 heavy (non-hydrogen) atoms. The Labute approximate surface area is 193 Å². The van der Waals surface area contributed by atoms with Gasteiger partial charge < -0.3 is 19.9 Å². The van der Waals surface area contributed by atoms with Crippen molar-refractivity contribution in [1.82, 2.24) is 24.8 Å². The molecular formula is C24H31N8O+. The van der Waals surface area contributed by atoms with Gasteiger partial charge in [0, 0.05) is 30.4 Å². The van der Waals surface area contributed by atoms with E-state index in [2.05, 4.69) is 61.3 Å². The average Bonchev–Trinajstić information content (AvgIpc) is 3.45. The van der Waals surface area contributed by atoms with Crippen molar-refractivity contribution in [1.29, 1.82) is 0 Å². The number of aromatic nitrogens is 5. The number of nitrogens with one attached hydrogen (secondary N) is 2. The molecule has 3 aromatic heterocycles. The van der Waals surface area contributed by atoms with Crippen LogP contribution in [0.3, 0.4) is 0 Å². The van der Waals surface area contributed by atoms with Gasteiger partial charge in [-0.15, -0.1) is 0 Å². The minimum absolute atomic E-state index is 0.245. The second-order valence-electron chi connectivity index (χ2n) is 8.83. The molecule has 2 N–H and O–H groups in total. The molecule has 5 rings (SSSR count). The zero-order chi connectivity index (χ0) is 22.8. The zero-order valence-corrected chi connectivity index (χ0v) is 19.5. The largest absolute Gasteiger partial charge is 0.489 e. The summed E-state index contributed by atoms with van der Waals surface area (Å²) in [6, 6.07) is 8.53. The third kappa shape index (κ3) is 4.28. The standard InChI is InChI=1S/C24H30N8O/c1-30(2)12-10-25-22-19-9-5-4-8-18(19)20(13-26-22)33-14-17-7-6-11-32(17)24-21-23(27-15-28-24)29-16-31(21)3/h4-5,8-9,13,15-17H,6-7,10-12,14H2,1-3H3,(H,25,26)/p+1. The lowest BCUT2D eigenvalue weighted by Crippen LogP contribution is -2.37. The van der Waals surface area contributed by atoms with Crippen LogP contribution in [0.15, 0.2) is 43.1 Å². The Morgan fingerprint density at radius 2 is 2.06 bits per heavy atom. The lowest BCUT2D eigenvalue weighted by Gasteiger charge is -2.25. The van der Waals surface area contributed by atoms with Crippen LogP contribution in [0.2, 0.25) is 0 Å². The Balaban J connectivity index is 1.35. The van der Waals surface area contributed by atoms with Crippen molar-refractivity contribution in [3.05, 3.63) is 43.1 Å². The number of aromatic amines is 1. The summed E-state index contributed by atoms with van der Waals surface area (Å²) >= 11 is 0. The van der Waals surface area contributed by atoms with Gasteiger partial charge in [0.2, 0.25) is 11.8 Å². The number of imidazole rings is 1. The topological polar surface area (TPSA) is 86.1 Å². The molecule has 0 radical (unpaired) electrons. The summed E-state index contributed by atoms with van der Waals surface area (Å²) in [5.41, 5.74) is 1.87. The van der Waals surface area contributed by atoms with Crippen LogP contribution in [0, 0.1) is 0 Å². The van der Waals surface area contributed by atoms with Gasteiger partial charge in [0.05, 0.1) is 19.3 Å². The lowest BCUT2D eigenvalue weighted by molar-refractivity contribution is -0.644. The van der Waals surface area contributed by atoms with Crippen molar-refractivity contribution < 1.29 is 9.30 Å². The van der Waals surface area contributed by atoms with E-state index in [1.165, 1.54) is 0 Å². The highest BCUT2D eigenvalue weighted by Crippen LogP contribution is 2.31. The maximum Gasteiger partial charge on any atom is 0.271 e. The molecule has 0 spiro atoms. The number of H-pyrrole nitrogens is 1. The van der Waals surface area contributed by atoms with Crippen LogP contribution in [0.5, 0.6) is 5.75 Å². The highest BCUT2D eigenvalue weighted by Gasteiger charge is 2.30. The summed E-state index contributed by atoms with van der Waals surface area (Å²) in [6.45, 7) is 3.32. The van der Waals surface area contributed by atoms with Crippen molar-refractivity contribution in [3.8, 4) is 5.75 Å². The third-order valence-electron chi connectivity index (χ3n) is 6.24. The Morgan fingerprint density at radius 3 is 2.91 bits per heavy atom. The molecule has 0 bridgehead atoms. The minimum atomic E-state index is 0.245. The van der Waals surface area contributed by atoms with Gasteiger partial charge in [0.25, 0.3) is 5.65 Å². The second kappa shape index (κ2) is 9.19. The van der Waals surface area contributed by atoms with Crippen molar-refractivity contribution >= 4 is 33.6 Å². The van der Waals surface area contributed by atoms with Gasteiger partial charge in [-0.2, -0.15) is 4.98 Å². The van der Waals surface area contributed by atoms with Crippen LogP contribution in [0.4, 0.5) is 11.6 Å². The van der Waals surface area contributed by atoms with Crippen LogP contribution in [0.1, 0.15) is 12.8 Å². The number of anilines is 2. The number of hydrogen-bond acceptors (Lipinski definition) is 7. The summed E-state index contributed by atoms with van der Waals surface area (Å²) in [7, 11) is 6.15. The van der Waals surface area contributed by atoms with E-state index in [1.54, 1.807) is 6.33 Å². The third-order valence-corrected chi connectivity index (χ3v) is 6.24. The number of nitrogens with zero attached hydrogens (tertiary/aromatic N) is 6. The molecule has 1 aliphatic heterocycles. The molecule has 0 saturated carbocycles. The van der Waals surface area contributed by atoms with Gasteiger partial charge in [-0.05, 0) is 26.9 Å². The van der Waals surface area contributed by atoms with E-state index in [-0.39, 0.29) is 6.04 Å². The molecule has 1 aromatic carbocycles. The number of likely N-dealkylation sites (N-methyl/N-ethyl adjacent to an activating group) is 1. The highest BCUT2D eigenvalue weighted by atomic mass is 16.5. The summed E-state index contributed by atoms with van der Waals surface area (Å²) in [5.74, 6) is 2.67. The fraction of sp³-hybridized carbons (Fsp3) is 0.417. The first-order chi connectivity index (χ1) is 16.1. The van der Waals surface area contributed by atoms with Gasteiger partial charge in [-0.3, -0.25) is 0 Å². The second-order valence-corrected chi connectivity index (χ2v) is 8.83. The minimum Gasteiger partial charge on any atom is -0.489 e. The maximum absolute atomic E-state index is 6.38. The van der Waals surface area contributed by atoms with Gasteiger partial charge in [0.15, 0.2) is 5.82 Å². The van der Waals surface area contributed by atoms with E-state index in [1.807, 2.05) is 36.3 Å². The Hall–Kier alpha value is -3.46. The molecule has 172 valence electrons. The molecule has 1 atom stereocenters. The number of fused-ring (bicyclic) bond motifs is 2. The molecule has 1 saturated heterocycles. The molecule has 4 aromatic rings. The van der Waals surface area contributed by atoms with Crippen molar-refractivity contribution in [2.75, 3.05) is 50.6 Å². The monoisotopic (exact) mass is 447 g/mol. The van der Waals surface area contributed by atoms with Gasteiger partial charge >= 0.3 is 0 Å². The van der Waals surface area contributed by atoms with Crippen molar-refractivity contribution in [2.24, 2.45) is 7.05 Å².